The molecule has 1 aromatic rings. The maximum atomic E-state index is 11.8. The molecule has 1 amide bonds. The summed E-state index contributed by atoms with van der Waals surface area (Å²) >= 11 is 0. The number of aryl methyl sites for hydroxylation is 2. The van der Waals surface area contributed by atoms with E-state index in [-0.39, 0.29) is 6.54 Å². The van der Waals surface area contributed by atoms with E-state index < -0.39 is 18.0 Å². The first-order valence-corrected chi connectivity index (χ1v) is 5.30. The third kappa shape index (κ3) is 3.49. The van der Waals surface area contributed by atoms with Gasteiger partial charge in [-0.15, -0.1) is 0 Å². The second-order valence-corrected chi connectivity index (χ2v) is 3.73. The number of aliphatic hydroxyl groups is 1. The molecule has 7 heteroatoms. The van der Waals surface area contributed by atoms with Crippen molar-refractivity contribution in [1.82, 2.24) is 15.5 Å². The van der Waals surface area contributed by atoms with Crippen molar-refractivity contribution in [3.8, 4) is 0 Å². The van der Waals surface area contributed by atoms with E-state index in [1.807, 2.05) is 0 Å². The number of carbonyl (C=O) groups is 2. The molecule has 18 heavy (non-hydrogen) atoms. The van der Waals surface area contributed by atoms with Gasteiger partial charge in [0, 0.05) is 0 Å². The summed E-state index contributed by atoms with van der Waals surface area (Å²) in [6.45, 7) is 3.15. The van der Waals surface area contributed by atoms with Gasteiger partial charge in [0.25, 0.3) is 5.91 Å². The minimum Gasteiger partial charge on any atom is -0.467 e. The predicted molar refractivity (Wildman–Crippen MR) is 61.9 cm³/mol. The van der Waals surface area contributed by atoms with Gasteiger partial charge in [-0.2, -0.15) is 10.2 Å². The number of ether oxygens (including phenoxy) is 1. The number of aliphatic hydroxyl groups excluding tert-OH is 1. The van der Waals surface area contributed by atoms with Crippen molar-refractivity contribution in [3.63, 3.8) is 0 Å². The molecule has 98 valence electrons. The van der Waals surface area contributed by atoms with Gasteiger partial charge in [0.2, 0.25) is 0 Å². The van der Waals surface area contributed by atoms with Crippen LogP contribution >= 0.6 is 0 Å². The zero-order valence-corrected chi connectivity index (χ0v) is 10.4. The van der Waals surface area contributed by atoms with Crippen LogP contribution in [-0.4, -0.2) is 46.9 Å². The van der Waals surface area contributed by atoms with Gasteiger partial charge in [0.1, 0.15) is 0 Å². The quantitative estimate of drug-likeness (QED) is 0.692. The van der Waals surface area contributed by atoms with E-state index in [0.717, 1.165) is 7.11 Å². The van der Waals surface area contributed by atoms with Crippen LogP contribution in [0, 0.1) is 13.8 Å². The highest BCUT2D eigenvalue weighted by molar-refractivity contribution is 5.95. The molecular formula is C11H15N3O4. The summed E-state index contributed by atoms with van der Waals surface area (Å²) in [5, 5.41) is 19.4. The molecule has 2 N–H and O–H groups in total. The number of esters is 1. The highest BCUT2D eigenvalue weighted by Gasteiger charge is 2.18. The van der Waals surface area contributed by atoms with Crippen molar-refractivity contribution >= 4 is 11.9 Å². The summed E-state index contributed by atoms with van der Waals surface area (Å²) in [6.07, 6.45) is -1.38. The molecule has 1 atom stereocenters. The van der Waals surface area contributed by atoms with Crippen molar-refractivity contribution < 1.29 is 19.4 Å². The number of nitrogens with zero attached hydrogens (tertiary/aromatic N) is 2. The number of rotatable bonds is 4. The molecule has 1 heterocycles. The van der Waals surface area contributed by atoms with Crippen LogP contribution in [0.1, 0.15) is 21.7 Å². The summed E-state index contributed by atoms with van der Waals surface area (Å²) in [4.78, 5) is 22.7. The second-order valence-electron chi connectivity index (χ2n) is 3.73. The van der Waals surface area contributed by atoms with Gasteiger partial charge < -0.3 is 15.2 Å². The maximum Gasteiger partial charge on any atom is 0.336 e. The maximum absolute atomic E-state index is 11.8. The number of nitrogens with one attached hydrogen (secondary N) is 1. The number of amides is 1. The summed E-state index contributed by atoms with van der Waals surface area (Å²) in [5.74, 6) is -1.22. The molecule has 0 bridgehead atoms. The Bertz CT molecular complexity index is 462. The SMILES string of the molecule is COC(=O)C(O)CNC(=O)c1cc(C)nnc1C. The van der Waals surface area contributed by atoms with Crippen LogP contribution in [0.5, 0.6) is 0 Å². The van der Waals surface area contributed by atoms with E-state index in [2.05, 4.69) is 20.3 Å². The topological polar surface area (TPSA) is 101 Å². The Morgan fingerprint density at radius 2 is 2.11 bits per heavy atom. The largest absolute Gasteiger partial charge is 0.467 e. The lowest BCUT2D eigenvalue weighted by molar-refractivity contribution is -0.149. The van der Waals surface area contributed by atoms with Gasteiger partial charge in [-0.25, -0.2) is 4.79 Å². The Morgan fingerprint density at radius 3 is 2.72 bits per heavy atom. The number of hydrogen-bond donors (Lipinski definition) is 2. The molecule has 0 aliphatic carbocycles. The fourth-order valence-electron chi connectivity index (χ4n) is 1.28. The number of carbonyl (C=O) groups excluding carboxylic acids is 2. The molecule has 0 saturated heterocycles. The Balaban J connectivity index is 2.66. The molecule has 1 rings (SSSR count). The molecular weight excluding hydrogens is 238 g/mol. The fraction of sp³-hybridized carbons (Fsp3) is 0.455. The Hall–Kier alpha value is -2.02. The molecule has 0 fully saturated rings. The van der Waals surface area contributed by atoms with Crippen LogP contribution in [-0.2, 0) is 9.53 Å². The first-order valence-electron chi connectivity index (χ1n) is 5.30. The summed E-state index contributed by atoms with van der Waals surface area (Å²) in [5.41, 5.74) is 1.45. The Kier molecular flexibility index (Phi) is 4.73. The number of methoxy groups -OCH3 is 1. The van der Waals surface area contributed by atoms with Crippen LogP contribution in [0.4, 0.5) is 0 Å². The van der Waals surface area contributed by atoms with Gasteiger partial charge in [-0.3, -0.25) is 4.79 Å². The van der Waals surface area contributed by atoms with Gasteiger partial charge in [0.15, 0.2) is 6.10 Å². The van der Waals surface area contributed by atoms with Crippen LogP contribution in [0.15, 0.2) is 6.07 Å². The van der Waals surface area contributed by atoms with Crippen molar-refractivity contribution in [1.29, 1.82) is 0 Å². The van der Waals surface area contributed by atoms with Crippen molar-refractivity contribution in [2.75, 3.05) is 13.7 Å². The molecule has 1 unspecified atom stereocenters. The zero-order valence-electron chi connectivity index (χ0n) is 10.4. The normalized spacial score (nSPS) is 11.8. The summed E-state index contributed by atoms with van der Waals surface area (Å²) in [7, 11) is 1.16. The number of aromatic nitrogens is 2. The summed E-state index contributed by atoms with van der Waals surface area (Å²) in [6, 6.07) is 1.59. The average molecular weight is 253 g/mol. The fourth-order valence-corrected chi connectivity index (χ4v) is 1.28. The van der Waals surface area contributed by atoms with Gasteiger partial charge in [0.05, 0.1) is 30.6 Å². The highest BCUT2D eigenvalue weighted by Crippen LogP contribution is 2.04. The van der Waals surface area contributed by atoms with E-state index in [1.54, 1.807) is 19.9 Å². The lowest BCUT2D eigenvalue weighted by atomic mass is 10.2. The van der Waals surface area contributed by atoms with E-state index in [9.17, 15) is 14.7 Å². The third-order valence-corrected chi connectivity index (χ3v) is 2.27. The standard InChI is InChI=1S/C11H15N3O4/c1-6-4-8(7(2)14-13-6)10(16)12-5-9(15)11(17)18-3/h4,9,15H,5H2,1-3H3,(H,12,16). The Morgan fingerprint density at radius 1 is 1.44 bits per heavy atom. The van der Waals surface area contributed by atoms with Crippen LogP contribution in [0.2, 0.25) is 0 Å². The lowest BCUT2D eigenvalue weighted by Crippen LogP contribution is -2.37. The van der Waals surface area contributed by atoms with Crippen LogP contribution < -0.4 is 5.32 Å². The van der Waals surface area contributed by atoms with Crippen molar-refractivity contribution in [2.45, 2.75) is 20.0 Å². The smallest absolute Gasteiger partial charge is 0.336 e. The predicted octanol–water partition coefficient (Wildman–Crippen LogP) is -0.643. The molecule has 0 saturated carbocycles. The lowest BCUT2D eigenvalue weighted by Gasteiger charge is -2.10. The molecule has 0 radical (unpaired) electrons. The summed E-state index contributed by atoms with van der Waals surface area (Å²) < 4.78 is 4.33. The zero-order chi connectivity index (χ0) is 13.7. The van der Waals surface area contributed by atoms with E-state index in [0.29, 0.717) is 17.0 Å². The number of hydrogen-bond acceptors (Lipinski definition) is 6. The monoisotopic (exact) mass is 253 g/mol. The van der Waals surface area contributed by atoms with Gasteiger partial charge >= 0.3 is 5.97 Å². The first-order chi connectivity index (χ1) is 8.45. The van der Waals surface area contributed by atoms with Crippen LogP contribution in [0.25, 0.3) is 0 Å². The minimum atomic E-state index is -1.38. The average Bonchev–Trinajstić information content (AvgIpc) is 2.37. The van der Waals surface area contributed by atoms with Crippen molar-refractivity contribution in [3.05, 3.63) is 23.0 Å². The van der Waals surface area contributed by atoms with E-state index in [1.165, 1.54) is 0 Å². The van der Waals surface area contributed by atoms with E-state index >= 15 is 0 Å². The molecule has 0 aromatic carbocycles. The molecule has 1 aromatic heterocycles. The Labute approximate surface area is 104 Å². The van der Waals surface area contributed by atoms with Crippen LogP contribution in [0.3, 0.4) is 0 Å². The molecule has 0 aliphatic heterocycles. The molecule has 0 spiro atoms. The van der Waals surface area contributed by atoms with Gasteiger partial charge in [-0.05, 0) is 19.9 Å². The van der Waals surface area contributed by atoms with E-state index in [4.69, 9.17) is 0 Å². The first kappa shape index (κ1) is 14.0. The molecule has 7 nitrogen and oxygen atoms in total. The second kappa shape index (κ2) is 6.06. The molecule has 0 aliphatic rings. The van der Waals surface area contributed by atoms with Crippen molar-refractivity contribution in [2.24, 2.45) is 0 Å². The highest BCUT2D eigenvalue weighted by atomic mass is 16.5. The minimum absolute atomic E-state index is 0.216. The van der Waals surface area contributed by atoms with Gasteiger partial charge in [-0.1, -0.05) is 0 Å². The third-order valence-electron chi connectivity index (χ3n) is 2.27.